The maximum atomic E-state index is 4.31. The third-order valence-corrected chi connectivity index (χ3v) is 2.80. The van der Waals surface area contributed by atoms with E-state index in [1.807, 2.05) is 0 Å². The first-order valence-electron chi connectivity index (χ1n) is 5.19. The molecule has 1 heterocycles. The molecule has 3 rings (SSSR count). The molecule has 0 saturated heterocycles. The normalized spacial score (nSPS) is 22.2. The van der Waals surface area contributed by atoms with E-state index in [4.69, 9.17) is 0 Å². The van der Waals surface area contributed by atoms with Crippen molar-refractivity contribution in [3.05, 3.63) is 17.5 Å². The first-order chi connectivity index (χ1) is 6.42. The predicted octanol–water partition coefficient (Wildman–Crippen LogP) is 1.54. The molecular formula is C10H15N3. The largest absolute Gasteiger partial charge is 0.308 e. The summed E-state index contributed by atoms with van der Waals surface area (Å²) in [6, 6.07) is 3.00. The second kappa shape index (κ2) is 2.84. The monoisotopic (exact) mass is 177 g/mol. The van der Waals surface area contributed by atoms with Gasteiger partial charge in [0, 0.05) is 24.2 Å². The van der Waals surface area contributed by atoms with Gasteiger partial charge in [0.15, 0.2) is 0 Å². The van der Waals surface area contributed by atoms with Gasteiger partial charge in [0.2, 0.25) is 0 Å². The van der Waals surface area contributed by atoms with E-state index in [0.717, 1.165) is 18.5 Å². The van der Waals surface area contributed by atoms with Crippen LogP contribution in [0.2, 0.25) is 0 Å². The number of nitrogens with one attached hydrogen (secondary N) is 2. The van der Waals surface area contributed by atoms with Crippen LogP contribution in [0.1, 0.15) is 43.0 Å². The molecule has 0 aromatic carbocycles. The van der Waals surface area contributed by atoms with Crippen LogP contribution in [-0.4, -0.2) is 16.2 Å². The number of rotatable bonds is 4. The molecule has 0 bridgehead atoms. The molecule has 70 valence electrons. The quantitative estimate of drug-likeness (QED) is 0.732. The second-order valence-electron chi connectivity index (χ2n) is 4.25. The maximum Gasteiger partial charge on any atom is 0.0656 e. The number of hydrogen-bond acceptors (Lipinski definition) is 2. The van der Waals surface area contributed by atoms with Crippen molar-refractivity contribution in [3.8, 4) is 0 Å². The molecule has 3 nitrogen and oxygen atoms in total. The van der Waals surface area contributed by atoms with E-state index in [0.29, 0.717) is 0 Å². The maximum absolute atomic E-state index is 4.31. The molecule has 1 aromatic heterocycles. The first kappa shape index (κ1) is 7.56. The van der Waals surface area contributed by atoms with Gasteiger partial charge >= 0.3 is 0 Å². The average molecular weight is 177 g/mol. The summed E-state index contributed by atoms with van der Waals surface area (Å²) in [5.41, 5.74) is 2.52. The molecule has 0 atom stereocenters. The molecule has 2 N–H and O–H groups in total. The Morgan fingerprint density at radius 1 is 1.38 bits per heavy atom. The van der Waals surface area contributed by atoms with Gasteiger partial charge in [-0.25, -0.2) is 0 Å². The van der Waals surface area contributed by atoms with E-state index in [9.17, 15) is 0 Å². The zero-order chi connectivity index (χ0) is 8.67. The van der Waals surface area contributed by atoms with Crippen LogP contribution in [0.4, 0.5) is 0 Å². The molecule has 0 spiro atoms. The Bertz CT molecular complexity index is 297. The summed E-state index contributed by atoms with van der Waals surface area (Å²) in [4.78, 5) is 0. The lowest BCUT2D eigenvalue weighted by Crippen LogP contribution is -2.15. The number of aromatic nitrogens is 2. The summed E-state index contributed by atoms with van der Waals surface area (Å²) in [6.45, 7) is 0.963. The number of H-pyrrole nitrogens is 1. The predicted molar refractivity (Wildman–Crippen MR) is 50.4 cm³/mol. The van der Waals surface area contributed by atoms with Crippen LogP contribution in [0.15, 0.2) is 6.07 Å². The molecule has 13 heavy (non-hydrogen) atoms. The molecule has 0 radical (unpaired) electrons. The molecule has 1 aromatic rings. The summed E-state index contributed by atoms with van der Waals surface area (Å²) in [5, 5.41) is 10.9. The summed E-state index contributed by atoms with van der Waals surface area (Å²) in [7, 11) is 0. The molecule has 2 aliphatic rings. The van der Waals surface area contributed by atoms with Crippen LogP contribution >= 0.6 is 0 Å². The molecule has 2 saturated carbocycles. The van der Waals surface area contributed by atoms with Crippen molar-refractivity contribution in [3.63, 3.8) is 0 Å². The lowest BCUT2D eigenvalue weighted by atomic mass is 10.2. The molecule has 3 heteroatoms. The summed E-state index contributed by atoms with van der Waals surface area (Å²) >= 11 is 0. The van der Waals surface area contributed by atoms with E-state index >= 15 is 0 Å². The highest BCUT2D eigenvalue weighted by atomic mass is 15.1. The highest BCUT2D eigenvalue weighted by Crippen LogP contribution is 2.38. The van der Waals surface area contributed by atoms with Crippen molar-refractivity contribution in [2.45, 2.75) is 44.2 Å². The van der Waals surface area contributed by atoms with Gasteiger partial charge in [-0.3, -0.25) is 5.10 Å². The lowest BCUT2D eigenvalue weighted by Gasteiger charge is -1.97. The third kappa shape index (κ3) is 1.75. The Hall–Kier alpha value is -0.830. The minimum atomic E-state index is 0.769. The van der Waals surface area contributed by atoms with Gasteiger partial charge in [-0.2, -0.15) is 5.10 Å². The molecule has 2 aliphatic carbocycles. The van der Waals surface area contributed by atoms with Crippen molar-refractivity contribution < 1.29 is 0 Å². The Morgan fingerprint density at radius 2 is 2.23 bits per heavy atom. The number of nitrogens with zero attached hydrogens (tertiary/aromatic N) is 1. The summed E-state index contributed by atoms with van der Waals surface area (Å²) < 4.78 is 0. The Kier molecular flexibility index (Phi) is 1.65. The van der Waals surface area contributed by atoms with Gasteiger partial charge < -0.3 is 5.32 Å². The van der Waals surface area contributed by atoms with Crippen LogP contribution in [-0.2, 0) is 6.54 Å². The zero-order valence-corrected chi connectivity index (χ0v) is 7.71. The van der Waals surface area contributed by atoms with E-state index in [2.05, 4.69) is 21.6 Å². The topological polar surface area (TPSA) is 40.7 Å². The van der Waals surface area contributed by atoms with Crippen LogP contribution < -0.4 is 5.32 Å². The highest BCUT2D eigenvalue weighted by Gasteiger charge is 2.26. The fourth-order valence-electron chi connectivity index (χ4n) is 1.60. The molecule has 0 aliphatic heterocycles. The zero-order valence-electron chi connectivity index (χ0n) is 7.71. The van der Waals surface area contributed by atoms with Gasteiger partial charge in [-0.05, 0) is 31.7 Å². The van der Waals surface area contributed by atoms with Crippen LogP contribution in [0, 0.1) is 0 Å². The minimum absolute atomic E-state index is 0.769. The third-order valence-electron chi connectivity index (χ3n) is 2.80. The van der Waals surface area contributed by atoms with E-state index < -0.39 is 0 Å². The Morgan fingerprint density at radius 3 is 2.92 bits per heavy atom. The SMILES string of the molecule is c1c(C2CC2)n[nH]c1CNC1CC1. The lowest BCUT2D eigenvalue weighted by molar-refractivity contribution is 0.672. The van der Waals surface area contributed by atoms with E-state index in [1.165, 1.54) is 37.1 Å². The van der Waals surface area contributed by atoms with Gasteiger partial charge in [0.25, 0.3) is 0 Å². The van der Waals surface area contributed by atoms with Gasteiger partial charge in [-0.15, -0.1) is 0 Å². The summed E-state index contributed by atoms with van der Waals surface area (Å²) in [6.07, 6.45) is 5.37. The van der Waals surface area contributed by atoms with Crippen molar-refractivity contribution in [2.24, 2.45) is 0 Å². The molecule has 0 unspecified atom stereocenters. The number of aromatic amines is 1. The average Bonchev–Trinajstić information content (AvgIpc) is 3.03. The molecular weight excluding hydrogens is 162 g/mol. The highest BCUT2D eigenvalue weighted by molar-refractivity contribution is 5.17. The fourth-order valence-corrected chi connectivity index (χ4v) is 1.60. The van der Waals surface area contributed by atoms with Gasteiger partial charge in [-0.1, -0.05) is 0 Å². The van der Waals surface area contributed by atoms with Gasteiger partial charge in [0.1, 0.15) is 0 Å². The minimum Gasteiger partial charge on any atom is -0.308 e. The number of hydrogen-bond donors (Lipinski definition) is 2. The first-order valence-corrected chi connectivity index (χ1v) is 5.19. The van der Waals surface area contributed by atoms with Crippen molar-refractivity contribution in [1.82, 2.24) is 15.5 Å². The molecule has 2 fully saturated rings. The summed E-state index contributed by atoms with van der Waals surface area (Å²) in [5.74, 6) is 0.769. The van der Waals surface area contributed by atoms with Crippen molar-refractivity contribution in [1.29, 1.82) is 0 Å². The second-order valence-corrected chi connectivity index (χ2v) is 4.25. The van der Waals surface area contributed by atoms with Crippen molar-refractivity contribution >= 4 is 0 Å². The smallest absolute Gasteiger partial charge is 0.0656 e. The van der Waals surface area contributed by atoms with Gasteiger partial charge in [0.05, 0.1) is 5.69 Å². The molecule has 0 amide bonds. The fraction of sp³-hybridized carbons (Fsp3) is 0.700. The van der Waals surface area contributed by atoms with E-state index in [1.54, 1.807) is 0 Å². The van der Waals surface area contributed by atoms with Crippen molar-refractivity contribution in [2.75, 3.05) is 0 Å². The standard InChI is InChI=1S/C10H15N3/c1-2-7(1)10-5-9(12-13-10)6-11-8-3-4-8/h5,7-8,11H,1-4,6H2,(H,12,13). The van der Waals surface area contributed by atoms with E-state index in [-0.39, 0.29) is 0 Å². The Balaban J connectivity index is 1.59. The van der Waals surface area contributed by atoms with Crippen LogP contribution in [0.25, 0.3) is 0 Å². The van der Waals surface area contributed by atoms with Crippen LogP contribution in [0.3, 0.4) is 0 Å². The Labute approximate surface area is 77.9 Å². The van der Waals surface area contributed by atoms with Crippen LogP contribution in [0.5, 0.6) is 0 Å².